The third-order valence-electron chi connectivity index (χ3n) is 3.38. The van der Waals surface area contributed by atoms with Gasteiger partial charge in [0.2, 0.25) is 0 Å². The third-order valence-corrected chi connectivity index (χ3v) is 3.61. The number of benzene rings is 1. The maximum Gasteiger partial charge on any atom is 0.328 e. The molecule has 0 unspecified atom stereocenters. The largest absolute Gasteiger partial charge is 0.467 e. The van der Waals surface area contributed by atoms with Crippen LogP contribution in [0.4, 0.5) is 10.1 Å². The molecule has 25 heavy (non-hydrogen) atoms. The van der Waals surface area contributed by atoms with Gasteiger partial charge in [-0.1, -0.05) is 11.6 Å². The standard InChI is InChI=1S/C16H11ClFN3O4/c17-9-3-4-13(12(18)6-9)20-14(22)11-7-19-16(24)21(15(11)23)8-10-2-1-5-25-10/h1-7H,8H2,(H,19,24)(H,20,22). The normalized spacial score (nSPS) is 10.6. The molecule has 0 aliphatic rings. The summed E-state index contributed by atoms with van der Waals surface area (Å²) in [6, 6.07) is 6.88. The Morgan fingerprint density at radius 2 is 2.12 bits per heavy atom. The summed E-state index contributed by atoms with van der Waals surface area (Å²) in [6.07, 6.45) is 2.38. The summed E-state index contributed by atoms with van der Waals surface area (Å²) in [5.41, 5.74) is -2.01. The average molecular weight is 364 g/mol. The molecule has 0 radical (unpaired) electrons. The Morgan fingerprint density at radius 3 is 2.80 bits per heavy atom. The summed E-state index contributed by atoms with van der Waals surface area (Å²) in [5.74, 6) is -1.24. The zero-order valence-corrected chi connectivity index (χ0v) is 13.3. The van der Waals surface area contributed by atoms with Crippen molar-refractivity contribution < 1.29 is 13.6 Å². The lowest BCUT2D eigenvalue weighted by Crippen LogP contribution is -2.39. The van der Waals surface area contributed by atoms with Crippen molar-refractivity contribution in [2.45, 2.75) is 6.54 Å². The molecule has 7 nitrogen and oxygen atoms in total. The molecule has 1 amide bonds. The first-order valence-electron chi connectivity index (χ1n) is 7.07. The molecule has 0 fully saturated rings. The Labute approximate surface area is 144 Å². The van der Waals surface area contributed by atoms with E-state index in [-0.39, 0.29) is 22.8 Å². The maximum absolute atomic E-state index is 13.8. The van der Waals surface area contributed by atoms with Gasteiger partial charge < -0.3 is 14.7 Å². The zero-order chi connectivity index (χ0) is 18.0. The number of amides is 1. The topological polar surface area (TPSA) is 97.1 Å². The number of furan rings is 1. The fourth-order valence-electron chi connectivity index (χ4n) is 2.16. The lowest BCUT2D eigenvalue weighted by Gasteiger charge is -2.08. The molecule has 3 rings (SSSR count). The third kappa shape index (κ3) is 3.53. The lowest BCUT2D eigenvalue weighted by atomic mass is 10.2. The summed E-state index contributed by atoms with van der Waals surface area (Å²) < 4.78 is 19.7. The highest BCUT2D eigenvalue weighted by molar-refractivity contribution is 6.30. The lowest BCUT2D eigenvalue weighted by molar-refractivity contribution is 0.102. The fourth-order valence-corrected chi connectivity index (χ4v) is 2.32. The number of aromatic amines is 1. The number of halogens is 2. The average Bonchev–Trinajstić information content (AvgIpc) is 3.07. The van der Waals surface area contributed by atoms with Crippen LogP contribution in [0.15, 0.2) is 56.8 Å². The Balaban J connectivity index is 1.93. The van der Waals surface area contributed by atoms with Crippen molar-refractivity contribution in [1.29, 1.82) is 0 Å². The van der Waals surface area contributed by atoms with Gasteiger partial charge in [-0.15, -0.1) is 0 Å². The van der Waals surface area contributed by atoms with Crippen molar-refractivity contribution in [2.75, 3.05) is 5.32 Å². The highest BCUT2D eigenvalue weighted by atomic mass is 35.5. The van der Waals surface area contributed by atoms with E-state index >= 15 is 0 Å². The minimum atomic E-state index is -0.865. The zero-order valence-electron chi connectivity index (χ0n) is 12.6. The van der Waals surface area contributed by atoms with Crippen molar-refractivity contribution >= 4 is 23.2 Å². The second-order valence-corrected chi connectivity index (χ2v) is 5.49. The van der Waals surface area contributed by atoms with Crippen LogP contribution in [0.25, 0.3) is 0 Å². The highest BCUT2D eigenvalue weighted by Crippen LogP contribution is 2.19. The van der Waals surface area contributed by atoms with Gasteiger partial charge in [-0.05, 0) is 30.3 Å². The quantitative estimate of drug-likeness (QED) is 0.742. The van der Waals surface area contributed by atoms with E-state index < -0.39 is 23.0 Å². The monoisotopic (exact) mass is 363 g/mol. The molecule has 3 aromatic rings. The Morgan fingerprint density at radius 1 is 1.32 bits per heavy atom. The second-order valence-electron chi connectivity index (χ2n) is 5.06. The number of anilines is 1. The second kappa shape index (κ2) is 6.78. The van der Waals surface area contributed by atoms with Gasteiger partial charge in [-0.3, -0.25) is 14.2 Å². The van der Waals surface area contributed by atoms with Crippen LogP contribution in [0.5, 0.6) is 0 Å². The van der Waals surface area contributed by atoms with Crippen LogP contribution in [0.3, 0.4) is 0 Å². The van der Waals surface area contributed by atoms with Crippen LogP contribution in [0.1, 0.15) is 16.1 Å². The number of hydrogen-bond donors (Lipinski definition) is 2. The predicted octanol–water partition coefficient (Wildman–Crippen LogP) is 2.22. The molecule has 2 N–H and O–H groups in total. The van der Waals surface area contributed by atoms with E-state index in [0.29, 0.717) is 5.76 Å². The van der Waals surface area contributed by atoms with E-state index in [1.165, 1.54) is 18.4 Å². The van der Waals surface area contributed by atoms with Crippen LogP contribution >= 0.6 is 11.6 Å². The van der Waals surface area contributed by atoms with Crippen LogP contribution in [-0.2, 0) is 6.54 Å². The van der Waals surface area contributed by atoms with E-state index in [0.717, 1.165) is 16.8 Å². The smallest absolute Gasteiger partial charge is 0.328 e. The number of carbonyl (C=O) groups excluding carboxylic acids is 1. The van der Waals surface area contributed by atoms with Gasteiger partial charge in [-0.2, -0.15) is 0 Å². The molecule has 0 aliphatic carbocycles. The van der Waals surface area contributed by atoms with Gasteiger partial charge in [0.15, 0.2) is 0 Å². The van der Waals surface area contributed by atoms with Gasteiger partial charge in [0.05, 0.1) is 18.5 Å². The molecular formula is C16H11ClFN3O4. The first kappa shape index (κ1) is 16.7. The summed E-state index contributed by atoms with van der Waals surface area (Å²) >= 11 is 5.65. The van der Waals surface area contributed by atoms with Gasteiger partial charge >= 0.3 is 5.69 Å². The van der Waals surface area contributed by atoms with E-state index in [1.807, 2.05) is 0 Å². The van der Waals surface area contributed by atoms with Crippen molar-refractivity contribution in [2.24, 2.45) is 0 Å². The van der Waals surface area contributed by atoms with Crippen LogP contribution in [-0.4, -0.2) is 15.5 Å². The van der Waals surface area contributed by atoms with Crippen molar-refractivity contribution in [3.63, 3.8) is 0 Å². The maximum atomic E-state index is 13.8. The van der Waals surface area contributed by atoms with Crippen molar-refractivity contribution in [3.8, 4) is 0 Å². The van der Waals surface area contributed by atoms with E-state index in [9.17, 15) is 18.8 Å². The number of rotatable bonds is 4. The number of H-pyrrole nitrogens is 1. The predicted molar refractivity (Wildman–Crippen MR) is 88.5 cm³/mol. The summed E-state index contributed by atoms with van der Waals surface area (Å²) in [5, 5.41) is 2.44. The van der Waals surface area contributed by atoms with Crippen molar-refractivity contribution in [1.82, 2.24) is 9.55 Å². The molecule has 0 aliphatic heterocycles. The summed E-state index contributed by atoms with van der Waals surface area (Å²) in [7, 11) is 0. The molecule has 0 saturated carbocycles. The van der Waals surface area contributed by atoms with E-state index in [1.54, 1.807) is 12.1 Å². The number of nitrogens with one attached hydrogen (secondary N) is 2. The van der Waals surface area contributed by atoms with E-state index in [4.69, 9.17) is 16.0 Å². The SMILES string of the molecule is O=C(Nc1ccc(Cl)cc1F)c1c[nH]c(=O)n(Cc2ccco2)c1=O. The fraction of sp³-hybridized carbons (Fsp3) is 0.0625. The molecule has 0 spiro atoms. The Kier molecular flexibility index (Phi) is 4.53. The molecular weight excluding hydrogens is 353 g/mol. The minimum absolute atomic E-state index is 0.141. The summed E-state index contributed by atoms with van der Waals surface area (Å²) in [4.78, 5) is 38.8. The molecule has 0 atom stereocenters. The molecule has 2 aromatic heterocycles. The van der Waals surface area contributed by atoms with Gasteiger partial charge in [0, 0.05) is 11.2 Å². The number of carbonyl (C=O) groups is 1. The first-order chi connectivity index (χ1) is 12.0. The number of aromatic nitrogens is 2. The van der Waals surface area contributed by atoms with E-state index in [2.05, 4.69) is 10.3 Å². The molecule has 1 aromatic carbocycles. The molecule has 0 saturated heterocycles. The van der Waals surface area contributed by atoms with Crippen LogP contribution in [0, 0.1) is 5.82 Å². The van der Waals surface area contributed by atoms with Gasteiger partial charge in [0.25, 0.3) is 11.5 Å². The Hall–Kier alpha value is -3.13. The molecule has 2 heterocycles. The molecule has 128 valence electrons. The van der Waals surface area contributed by atoms with Crippen molar-refractivity contribution in [3.05, 3.63) is 85.8 Å². The van der Waals surface area contributed by atoms with Gasteiger partial charge in [-0.25, -0.2) is 9.18 Å². The molecule has 0 bridgehead atoms. The van der Waals surface area contributed by atoms with Crippen LogP contribution in [0.2, 0.25) is 5.02 Å². The summed E-state index contributed by atoms with van der Waals surface area (Å²) in [6.45, 7) is -0.141. The number of nitrogens with zero attached hydrogens (tertiary/aromatic N) is 1. The first-order valence-corrected chi connectivity index (χ1v) is 7.45. The van der Waals surface area contributed by atoms with Gasteiger partial charge in [0.1, 0.15) is 17.1 Å². The molecule has 9 heteroatoms. The van der Waals surface area contributed by atoms with Crippen LogP contribution < -0.4 is 16.6 Å². The highest BCUT2D eigenvalue weighted by Gasteiger charge is 2.17. The minimum Gasteiger partial charge on any atom is -0.467 e. The Bertz CT molecular complexity index is 1040. The number of hydrogen-bond acceptors (Lipinski definition) is 4.